The van der Waals surface area contributed by atoms with Crippen molar-refractivity contribution < 1.29 is 9.47 Å². The summed E-state index contributed by atoms with van der Waals surface area (Å²) in [5, 5.41) is 3.40. The van der Waals surface area contributed by atoms with Crippen LogP contribution in [0.3, 0.4) is 0 Å². The van der Waals surface area contributed by atoms with Crippen molar-refractivity contribution in [2.24, 2.45) is 0 Å². The third-order valence-electron chi connectivity index (χ3n) is 3.72. The van der Waals surface area contributed by atoms with Crippen molar-refractivity contribution in [3.8, 4) is 5.75 Å². The second kappa shape index (κ2) is 4.84. The molecule has 1 aromatic carbocycles. The van der Waals surface area contributed by atoms with Gasteiger partial charge in [-0.25, -0.2) is 0 Å². The van der Waals surface area contributed by atoms with Crippen LogP contribution in [0.15, 0.2) is 12.1 Å². The Labute approximate surface area is 108 Å². The lowest BCUT2D eigenvalue weighted by molar-refractivity contribution is 0.0295. The van der Waals surface area contributed by atoms with E-state index in [0.29, 0.717) is 12.0 Å². The van der Waals surface area contributed by atoms with Crippen LogP contribution in [0.5, 0.6) is 5.75 Å². The van der Waals surface area contributed by atoms with Gasteiger partial charge in [-0.3, -0.25) is 0 Å². The minimum Gasteiger partial charge on any atom is -0.497 e. The molecule has 1 fully saturated rings. The fourth-order valence-electron chi connectivity index (χ4n) is 2.79. The van der Waals surface area contributed by atoms with E-state index in [1.807, 2.05) is 0 Å². The van der Waals surface area contributed by atoms with Gasteiger partial charge in [-0.2, -0.15) is 0 Å². The number of halogens is 1. The summed E-state index contributed by atoms with van der Waals surface area (Å²) in [6.07, 6.45) is 0.346. The molecule has 4 heteroatoms. The normalized spacial score (nSPS) is 25.8. The summed E-state index contributed by atoms with van der Waals surface area (Å²) >= 11 is 0. The van der Waals surface area contributed by atoms with Gasteiger partial charge in [-0.1, -0.05) is 0 Å². The van der Waals surface area contributed by atoms with Crippen molar-refractivity contribution in [1.29, 1.82) is 0 Å². The number of fused-ring (bicyclic) bond motifs is 3. The SMILES string of the molecule is COc1cc(C)c2c(c1)[C@@H]1CNC[C@@H]1OC2.Cl. The highest BCUT2D eigenvalue weighted by atomic mass is 35.5. The van der Waals surface area contributed by atoms with E-state index in [-0.39, 0.29) is 12.4 Å². The van der Waals surface area contributed by atoms with Crippen LogP contribution in [0.4, 0.5) is 0 Å². The minimum atomic E-state index is 0. The van der Waals surface area contributed by atoms with Crippen LogP contribution in [0.1, 0.15) is 22.6 Å². The van der Waals surface area contributed by atoms with Gasteiger partial charge < -0.3 is 14.8 Å². The molecular weight excluding hydrogens is 238 g/mol. The molecule has 0 amide bonds. The van der Waals surface area contributed by atoms with Crippen LogP contribution in [-0.2, 0) is 11.3 Å². The van der Waals surface area contributed by atoms with Crippen LogP contribution in [-0.4, -0.2) is 26.3 Å². The smallest absolute Gasteiger partial charge is 0.119 e. The zero-order valence-electron chi connectivity index (χ0n) is 10.2. The van der Waals surface area contributed by atoms with E-state index in [1.165, 1.54) is 16.7 Å². The Morgan fingerprint density at radius 1 is 1.35 bits per heavy atom. The molecule has 0 spiro atoms. The summed E-state index contributed by atoms with van der Waals surface area (Å²) in [6, 6.07) is 4.26. The maximum absolute atomic E-state index is 5.88. The van der Waals surface area contributed by atoms with Gasteiger partial charge in [0.05, 0.1) is 19.8 Å². The minimum absolute atomic E-state index is 0. The van der Waals surface area contributed by atoms with E-state index in [2.05, 4.69) is 24.4 Å². The summed E-state index contributed by atoms with van der Waals surface area (Å²) in [5.41, 5.74) is 4.04. The van der Waals surface area contributed by atoms with Gasteiger partial charge in [0.25, 0.3) is 0 Å². The number of nitrogens with one attached hydrogen (secondary N) is 1. The van der Waals surface area contributed by atoms with Crippen molar-refractivity contribution in [3.05, 3.63) is 28.8 Å². The summed E-state index contributed by atoms with van der Waals surface area (Å²) in [6.45, 7) is 4.87. The first-order valence-corrected chi connectivity index (χ1v) is 5.79. The highest BCUT2D eigenvalue weighted by Gasteiger charge is 2.35. The molecule has 1 saturated heterocycles. The molecule has 0 bridgehead atoms. The zero-order valence-corrected chi connectivity index (χ0v) is 11.0. The number of aryl methyl sites for hydroxylation is 1. The summed E-state index contributed by atoms with van der Waals surface area (Å²) < 4.78 is 11.2. The summed E-state index contributed by atoms with van der Waals surface area (Å²) in [5.74, 6) is 1.46. The molecule has 0 radical (unpaired) electrons. The Morgan fingerprint density at radius 2 is 2.18 bits per heavy atom. The van der Waals surface area contributed by atoms with Crippen molar-refractivity contribution in [2.45, 2.75) is 25.6 Å². The molecule has 17 heavy (non-hydrogen) atoms. The lowest BCUT2D eigenvalue weighted by atomic mass is 9.87. The van der Waals surface area contributed by atoms with E-state index in [1.54, 1.807) is 7.11 Å². The van der Waals surface area contributed by atoms with Crippen molar-refractivity contribution in [1.82, 2.24) is 5.32 Å². The molecule has 0 unspecified atom stereocenters. The lowest BCUT2D eigenvalue weighted by Crippen LogP contribution is -2.27. The Bertz CT molecular complexity index is 422. The van der Waals surface area contributed by atoms with Crippen molar-refractivity contribution in [2.75, 3.05) is 20.2 Å². The molecule has 2 heterocycles. The Kier molecular flexibility index (Phi) is 3.61. The second-order valence-corrected chi connectivity index (χ2v) is 4.63. The fraction of sp³-hybridized carbons (Fsp3) is 0.538. The first-order chi connectivity index (χ1) is 7.79. The van der Waals surface area contributed by atoms with Gasteiger partial charge in [0.2, 0.25) is 0 Å². The van der Waals surface area contributed by atoms with Gasteiger partial charge >= 0.3 is 0 Å². The van der Waals surface area contributed by atoms with Gasteiger partial charge in [0.15, 0.2) is 0 Å². The number of methoxy groups -OCH3 is 1. The number of hydrogen-bond acceptors (Lipinski definition) is 3. The van der Waals surface area contributed by atoms with E-state index in [0.717, 1.165) is 25.4 Å². The molecule has 0 aliphatic carbocycles. The van der Waals surface area contributed by atoms with E-state index < -0.39 is 0 Å². The molecule has 2 aliphatic rings. The van der Waals surface area contributed by atoms with Crippen molar-refractivity contribution in [3.63, 3.8) is 0 Å². The quantitative estimate of drug-likeness (QED) is 0.833. The number of ether oxygens (including phenoxy) is 2. The van der Waals surface area contributed by atoms with Crippen LogP contribution >= 0.6 is 12.4 Å². The van der Waals surface area contributed by atoms with Crippen LogP contribution in [0, 0.1) is 6.92 Å². The number of hydrogen-bond donors (Lipinski definition) is 1. The molecule has 2 atom stereocenters. The van der Waals surface area contributed by atoms with Crippen molar-refractivity contribution >= 4 is 12.4 Å². The van der Waals surface area contributed by atoms with Crippen LogP contribution in [0.25, 0.3) is 0 Å². The van der Waals surface area contributed by atoms with E-state index in [4.69, 9.17) is 9.47 Å². The maximum atomic E-state index is 5.88. The van der Waals surface area contributed by atoms with E-state index in [9.17, 15) is 0 Å². The van der Waals surface area contributed by atoms with Gasteiger partial charge in [0, 0.05) is 19.0 Å². The number of rotatable bonds is 1. The average molecular weight is 256 g/mol. The third-order valence-corrected chi connectivity index (χ3v) is 3.72. The average Bonchev–Trinajstić information content (AvgIpc) is 2.77. The first-order valence-electron chi connectivity index (χ1n) is 5.79. The Balaban J connectivity index is 0.00000108. The zero-order chi connectivity index (χ0) is 11.1. The van der Waals surface area contributed by atoms with Gasteiger partial charge in [-0.05, 0) is 35.7 Å². The summed E-state index contributed by atoms with van der Waals surface area (Å²) in [7, 11) is 1.73. The first kappa shape index (κ1) is 12.7. The van der Waals surface area contributed by atoms with Crippen LogP contribution < -0.4 is 10.1 Å². The molecule has 1 N–H and O–H groups in total. The molecule has 94 valence electrons. The molecular formula is C13H18ClNO2. The third kappa shape index (κ3) is 2.03. The topological polar surface area (TPSA) is 30.5 Å². The lowest BCUT2D eigenvalue weighted by Gasteiger charge is -2.29. The Morgan fingerprint density at radius 3 is 2.94 bits per heavy atom. The largest absolute Gasteiger partial charge is 0.497 e. The standard InChI is InChI=1S/C13H17NO2.ClH/c1-8-3-9(15-2)4-10-11-5-14-6-13(11)16-7-12(8)10;/h3-4,11,13-14H,5-7H2,1-2H3;1H/t11-,13-;/m0./s1. The predicted octanol–water partition coefficient (Wildman–Crippen LogP) is 2.01. The molecule has 2 aliphatic heterocycles. The fourth-order valence-corrected chi connectivity index (χ4v) is 2.79. The molecule has 1 aromatic rings. The maximum Gasteiger partial charge on any atom is 0.119 e. The Hall–Kier alpha value is -0.770. The molecule has 3 nitrogen and oxygen atoms in total. The highest BCUT2D eigenvalue weighted by Crippen LogP contribution is 2.37. The summed E-state index contributed by atoms with van der Waals surface area (Å²) in [4.78, 5) is 0. The molecule has 0 saturated carbocycles. The highest BCUT2D eigenvalue weighted by molar-refractivity contribution is 5.85. The van der Waals surface area contributed by atoms with Gasteiger partial charge in [-0.15, -0.1) is 12.4 Å². The van der Waals surface area contributed by atoms with Crippen LogP contribution in [0.2, 0.25) is 0 Å². The number of benzene rings is 1. The monoisotopic (exact) mass is 255 g/mol. The molecule has 0 aromatic heterocycles. The van der Waals surface area contributed by atoms with Gasteiger partial charge in [0.1, 0.15) is 5.75 Å². The second-order valence-electron chi connectivity index (χ2n) is 4.63. The molecule has 3 rings (SSSR count). The predicted molar refractivity (Wildman–Crippen MR) is 69.2 cm³/mol. The van der Waals surface area contributed by atoms with E-state index >= 15 is 0 Å².